The van der Waals surface area contributed by atoms with Gasteiger partial charge < -0.3 is 0 Å². The van der Waals surface area contributed by atoms with Gasteiger partial charge in [0, 0.05) is 13.5 Å². The summed E-state index contributed by atoms with van der Waals surface area (Å²) in [7, 11) is 1.65. The highest BCUT2D eigenvalue weighted by molar-refractivity contribution is 8.00. The molecule has 1 aliphatic carbocycles. The summed E-state index contributed by atoms with van der Waals surface area (Å²) >= 11 is 1.39. The van der Waals surface area contributed by atoms with Crippen molar-refractivity contribution in [1.82, 2.24) is 14.8 Å². The fraction of sp³-hybridized carbons (Fsp3) is 0.667. The lowest BCUT2D eigenvalue weighted by Gasteiger charge is -2.18. The highest BCUT2D eigenvalue weighted by Crippen LogP contribution is 2.29. The van der Waals surface area contributed by atoms with E-state index in [2.05, 4.69) is 10.2 Å². The Labute approximate surface area is 91.3 Å². The van der Waals surface area contributed by atoms with Crippen LogP contribution < -0.4 is 5.69 Å². The van der Waals surface area contributed by atoms with Crippen molar-refractivity contribution in [3.63, 3.8) is 0 Å². The summed E-state index contributed by atoms with van der Waals surface area (Å²) in [5, 5.41) is 6.82. The minimum Gasteiger partial charge on any atom is -0.298 e. The molecule has 0 bridgehead atoms. The van der Waals surface area contributed by atoms with Crippen LogP contribution in [0.5, 0.6) is 0 Å². The third-order valence-corrected chi connectivity index (χ3v) is 3.94. The van der Waals surface area contributed by atoms with Crippen LogP contribution in [0.2, 0.25) is 0 Å². The third-order valence-electron chi connectivity index (χ3n) is 2.59. The van der Waals surface area contributed by atoms with Crippen molar-refractivity contribution in [2.75, 3.05) is 0 Å². The lowest BCUT2D eigenvalue weighted by atomic mass is 9.99. The zero-order valence-electron chi connectivity index (χ0n) is 8.52. The van der Waals surface area contributed by atoms with Crippen molar-refractivity contribution in [2.45, 2.75) is 36.1 Å². The normalized spacial score (nSPS) is 21.9. The van der Waals surface area contributed by atoms with Gasteiger partial charge in [-0.1, -0.05) is 18.2 Å². The van der Waals surface area contributed by atoms with E-state index in [1.165, 1.54) is 16.3 Å². The summed E-state index contributed by atoms with van der Waals surface area (Å²) in [5.74, 6) is 0.279. The first kappa shape index (κ1) is 10.5. The molecule has 6 heteroatoms. The minimum absolute atomic E-state index is 0.0207. The van der Waals surface area contributed by atoms with Gasteiger partial charge in [0.1, 0.15) is 5.78 Å². The van der Waals surface area contributed by atoms with Gasteiger partial charge in [0.15, 0.2) is 5.16 Å². The lowest BCUT2D eigenvalue weighted by Crippen LogP contribution is -2.22. The van der Waals surface area contributed by atoms with E-state index in [0.717, 1.165) is 19.3 Å². The first-order chi connectivity index (χ1) is 7.18. The van der Waals surface area contributed by atoms with Crippen molar-refractivity contribution >= 4 is 17.5 Å². The number of rotatable bonds is 2. The van der Waals surface area contributed by atoms with Crippen LogP contribution in [0.25, 0.3) is 0 Å². The van der Waals surface area contributed by atoms with Crippen LogP contribution in [0.4, 0.5) is 0 Å². The van der Waals surface area contributed by atoms with Crippen molar-refractivity contribution in [3.8, 4) is 0 Å². The number of carbonyl (C=O) groups is 1. The van der Waals surface area contributed by atoms with Gasteiger partial charge in [-0.05, 0) is 12.8 Å². The van der Waals surface area contributed by atoms with Gasteiger partial charge in [-0.15, -0.1) is 5.10 Å². The Balaban J connectivity index is 2.11. The second kappa shape index (κ2) is 4.22. The summed E-state index contributed by atoms with van der Waals surface area (Å²) in [6, 6.07) is 0. The highest BCUT2D eigenvalue weighted by atomic mass is 32.2. The summed E-state index contributed by atoms with van der Waals surface area (Å²) in [6.45, 7) is 0. The van der Waals surface area contributed by atoms with Crippen LogP contribution >= 0.6 is 11.8 Å². The van der Waals surface area contributed by atoms with Crippen molar-refractivity contribution < 1.29 is 4.79 Å². The number of thioether (sulfide) groups is 1. The standard InChI is InChI=1S/C9H13N3O2S/c1-12-8(14)10-11-9(12)15-7-5-3-2-4-6(7)13/h7H,2-5H2,1H3,(H,10,14). The summed E-state index contributed by atoms with van der Waals surface area (Å²) in [5.41, 5.74) is -0.235. The van der Waals surface area contributed by atoms with E-state index in [9.17, 15) is 9.59 Å². The predicted molar refractivity (Wildman–Crippen MR) is 56.9 cm³/mol. The van der Waals surface area contributed by atoms with Gasteiger partial charge in [0.2, 0.25) is 0 Å². The maximum atomic E-state index is 11.6. The Bertz CT molecular complexity index is 423. The number of nitrogens with one attached hydrogen (secondary N) is 1. The Hall–Kier alpha value is -1.04. The molecular weight excluding hydrogens is 214 g/mol. The maximum Gasteiger partial charge on any atom is 0.343 e. The molecule has 1 fully saturated rings. The molecule has 0 aromatic carbocycles. The predicted octanol–water partition coefficient (Wildman–Crippen LogP) is 0.712. The quantitative estimate of drug-likeness (QED) is 0.808. The molecule has 5 nitrogen and oxygen atoms in total. The van der Waals surface area contributed by atoms with Crippen LogP contribution in [-0.4, -0.2) is 25.8 Å². The first-order valence-corrected chi connectivity index (χ1v) is 5.87. The van der Waals surface area contributed by atoms with Crippen molar-refractivity contribution in [2.24, 2.45) is 7.05 Å². The van der Waals surface area contributed by atoms with E-state index < -0.39 is 0 Å². The number of H-pyrrole nitrogens is 1. The molecule has 15 heavy (non-hydrogen) atoms. The zero-order valence-corrected chi connectivity index (χ0v) is 9.34. The fourth-order valence-electron chi connectivity index (χ4n) is 1.64. The number of hydrogen-bond donors (Lipinski definition) is 1. The van der Waals surface area contributed by atoms with Crippen LogP contribution in [-0.2, 0) is 11.8 Å². The van der Waals surface area contributed by atoms with Gasteiger partial charge >= 0.3 is 5.69 Å². The van der Waals surface area contributed by atoms with Crippen molar-refractivity contribution in [1.29, 1.82) is 0 Å². The number of ketones is 1. The number of Topliss-reactive ketones (excluding diaryl/α,β-unsaturated/α-hetero) is 1. The zero-order chi connectivity index (χ0) is 10.8. The molecular formula is C9H13N3O2S. The third kappa shape index (κ3) is 2.14. The minimum atomic E-state index is -0.235. The van der Waals surface area contributed by atoms with E-state index in [0.29, 0.717) is 11.6 Å². The second-order valence-corrected chi connectivity index (χ2v) is 4.86. The van der Waals surface area contributed by atoms with Gasteiger partial charge in [-0.3, -0.25) is 9.36 Å². The Morgan fingerprint density at radius 2 is 2.27 bits per heavy atom. The van der Waals surface area contributed by atoms with E-state index in [-0.39, 0.29) is 16.7 Å². The highest BCUT2D eigenvalue weighted by Gasteiger charge is 2.24. The molecule has 0 amide bonds. The van der Waals surface area contributed by atoms with Crippen molar-refractivity contribution in [3.05, 3.63) is 10.5 Å². The monoisotopic (exact) mass is 227 g/mol. The number of hydrogen-bond acceptors (Lipinski definition) is 4. The lowest BCUT2D eigenvalue weighted by molar-refractivity contribution is -0.119. The van der Waals surface area contributed by atoms with Gasteiger partial charge in [-0.25, -0.2) is 9.89 Å². The first-order valence-electron chi connectivity index (χ1n) is 4.99. The average molecular weight is 227 g/mol. The largest absolute Gasteiger partial charge is 0.343 e. The molecule has 1 aromatic rings. The molecule has 82 valence electrons. The molecule has 0 spiro atoms. The van der Waals surface area contributed by atoms with Gasteiger partial charge in [0.25, 0.3) is 0 Å². The average Bonchev–Trinajstić information content (AvgIpc) is 2.53. The van der Waals surface area contributed by atoms with Gasteiger partial charge in [-0.2, -0.15) is 0 Å². The number of aromatic nitrogens is 3. The van der Waals surface area contributed by atoms with Crippen LogP contribution in [0.1, 0.15) is 25.7 Å². The molecule has 1 saturated carbocycles. The number of aromatic amines is 1. The molecule has 0 radical (unpaired) electrons. The Morgan fingerprint density at radius 1 is 1.47 bits per heavy atom. The fourth-order valence-corrected chi connectivity index (χ4v) is 2.77. The van der Waals surface area contributed by atoms with Gasteiger partial charge in [0.05, 0.1) is 5.25 Å². The van der Waals surface area contributed by atoms with E-state index >= 15 is 0 Å². The number of nitrogens with zero attached hydrogens (tertiary/aromatic N) is 2. The second-order valence-electron chi connectivity index (χ2n) is 3.69. The Morgan fingerprint density at radius 3 is 2.87 bits per heavy atom. The van der Waals surface area contributed by atoms with Crippen LogP contribution in [0.15, 0.2) is 9.95 Å². The summed E-state index contributed by atoms with van der Waals surface area (Å²) < 4.78 is 1.44. The molecule has 2 rings (SSSR count). The summed E-state index contributed by atoms with van der Waals surface area (Å²) in [6.07, 6.45) is 3.64. The molecule has 1 N–H and O–H groups in total. The van der Waals surface area contributed by atoms with Crippen LogP contribution in [0.3, 0.4) is 0 Å². The molecule has 0 saturated heterocycles. The van der Waals surface area contributed by atoms with Crippen LogP contribution in [0, 0.1) is 0 Å². The molecule has 1 aliphatic rings. The SMILES string of the molecule is Cn1c(SC2CCCCC2=O)n[nH]c1=O. The molecule has 1 unspecified atom stereocenters. The topological polar surface area (TPSA) is 67.8 Å². The molecule has 1 atom stereocenters. The smallest absolute Gasteiger partial charge is 0.298 e. The molecule has 1 aromatic heterocycles. The van der Waals surface area contributed by atoms with E-state index in [4.69, 9.17) is 0 Å². The number of carbonyl (C=O) groups excluding carboxylic acids is 1. The molecule has 0 aliphatic heterocycles. The van der Waals surface area contributed by atoms with E-state index in [1.54, 1.807) is 7.05 Å². The Kier molecular flexibility index (Phi) is 2.95. The summed E-state index contributed by atoms with van der Waals surface area (Å²) in [4.78, 5) is 22.7. The van der Waals surface area contributed by atoms with E-state index in [1.807, 2.05) is 0 Å². The molecule has 1 heterocycles. The maximum absolute atomic E-state index is 11.6.